The van der Waals surface area contributed by atoms with Crippen LogP contribution in [0.4, 0.5) is 8.78 Å². The van der Waals surface area contributed by atoms with E-state index >= 15 is 0 Å². The third-order valence-electron chi connectivity index (χ3n) is 3.17. The highest BCUT2D eigenvalue weighted by Crippen LogP contribution is 2.29. The van der Waals surface area contributed by atoms with Crippen LogP contribution in [0.3, 0.4) is 0 Å². The minimum absolute atomic E-state index is 0.243. The van der Waals surface area contributed by atoms with E-state index in [1.54, 1.807) is 30.0 Å². The highest BCUT2D eigenvalue weighted by Gasteiger charge is 2.12. The molecule has 2 aromatic rings. The van der Waals surface area contributed by atoms with Crippen molar-refractivity contribution in [2.45, 2.75) is 30.6 Å². The zero-order chi connectivity index (χ0) is 15.5. The van der Waals surface area contributed by atoms with Gasteiger partial charge in [-0.3, -0.25) is 0 Å². The Morgan fingerprint density at radius 1 is 0.857 bits per heavy atom. The second-order valence-corrected chi connectivity index (χ2v) is 13.1. The number of rotatable bonds is 5. The van der Waals surface area contributed by atoms with Crippen LogP contribution in [0, 0.1) is 11.6 Å². The maximum Gasteiger partial charge on any atom is 0.124 e. The van der Waals surface area contributed by atoms with Gasteiger partial charge in [-0.15, -0.1) is 11.8 Å². The Morgan fingerprint density at radius 3 is 2.14 bits per heavy atom. The van der Waals surface area contributed by atoms with Gasteiger partial charge in [-0.25, -0.2) is 8.78 Å². The van der Waals surface area contributed by atoms with E-state index in [-0.39, 0.29) is 11.6 Å². The number of benzene rings is 2. The molecule has 21 heavy (non-hydrogen) atoms. The lowest BCUT2D eigenvalue weighted by Crippen LogP contribution is -2.19. The molecule has 0 saturated heterocycles. The highest BCUT2D eigenvalue weighted by molar-refractivity contribution is 7.99. The molecule has 0 aliphatic rings. The molecule has 2 aromatic carbocycles. The lowest BCUT2D eigenvalue weighted by Gasteiger charge is -2.15. The van der Waals surface area contributed by atoms with Crippen molar-refractivity contribution in [3.8, 4) is 11.1 Å². The van der Waals surface area contributed by atoms with Crippen LogP contribution in [0.5, 0.6) is 0 Å². The van der Waals surface area contributed by atoms with Crippen molar-refractivity contribution in [2.75, 3.05) is 5.75 Å². The summed E-state index contributed by atoms with van der Waals surface area (Å²) < 4.78 is 26.7. The van der Waals surface area contributed by atoms with Gasteiger partial charge in [-0.2, -0.15) is 0 Å². The molecule has 0 radical (unpaired) electrons. The molecular formula is C17H20F2SSi. The predicted octanol–water partition coefficient (Wildman–Crippen LogP) is 6.06. The van der Waals surface area contributed by atoms with E-state index in [0.29, 0.717) is 0 Å². The fourth-order valence-corrected chi connectivity index (χ4v) is 5.43. The molecule has 0 unspecified atom stereocenters. The first-order valence-corrected chi connectivity index (χ1v) is 11.7. The van der Waals surface area contributed by atoms with Gasteiger partial charge in [-0.1, -0.05) is 31.8 Å². The Balaban J connectivity index is 2.15. The van der Waals surface area contributed by atoms with Crippen molar-refractivity contribution in [1.82, 2.24) is 0 Å². The van der Waals surface area contributed by atoms with E-state index in [9.17, 15) is 8.78 Å². The van der Waals surface area contributed by atoms with Crippen LogP contribution in [0.1, 0.15) is 0 Å². The van der Waals surface area contributed by atoms with Gasteiger partial charge in [0.2, 0.25) is 0 Å². The van der Waals surface area contributed by atoms with Crippen LogP contribution >= 0.6 is 11.8 Å². The summed E-state index contributed by atoms with van der Waals surface area (Å²) in [5, 5.41) is 0. The molecule has 0 amide bonds. The quantitative estimate of drug-likeness (QED) is 0.476. The molecule has 0 N–H and O–H groups in total. The minimum Gasteiger partial charge on any atom is -0.207 e. The lowest BCUT2D eigenvalue weighted by atomic mass is 10.1. The average Bonchev–Trinajstić information content (AvgIpc) is 2.37. The third-order valence-corrected chi connectivity index (χ3v) is 6.26. The molecular weight excluding hydrogens is 302 g/mol. The smallest absolute Gasteiger partial charge is 0.124 e. The molecule has 0 nitrogen and oxygen atoms in total. The van der Waals surface area contributed by atoms with Gasteiger partial charge in [0, 0.05) is 13.0 Å². The maximum atomic E-state index is 13.8. The fraction of sp³-hybridized carbons (Fsp3) is 0.294. The van der Waals surface area contributed by atoms with Gasteiger partial charge < -0.3 is 0 Å². The van der Waals surface area contributed by atoms with Gasteiger partial charge >= 0.3 is 0 Å². The standard InChI is InChI=1S/C17H20F2SSi/c1-21(2,3)9-8-20-17-11-14(10-16(19)12-17)13-4-6-15(18)7-5-13/h4-7,10-12H,8-9H2,1-3H3. The second-order valence-electron chi connectivity index (χ2n) is 6.34. The molecule has 0 bridgehead atoms. The monoisotopic (exact) mass is 322 g/mol. The summed E-state index contributed by atoms with van der Waals surface area (Å²) in [5.41, 5.74) is 1.63. The summed E-state index contributed by atoms with van der Waals surface area (Å²) >= 11 is 1.69. The Labute approximate surface area is 130 Å². The van der Waals surface area contributed by atoms with Gasteiger partial charge in [0.15, 0.2) is 0 Å². The summed E-state index contributed by atoms with van der Waals surface area (Å²) in [4.78, 5) is 0.938. The first-order chi connectivity index (χ1) is 9.83. The summed E-state index contributed by atoms with van der Waals surface area (Å²) in [6, 6.07) is 12.4. The molecule has 0 heterocycles. The zero-order valence-electron chi connectivity index (χ0n) is 12.6. The second kappa shape index (κ2) is 6.75. The Morgan fingerprint density at radius 2 is 1.52 bits per heavy atom. The van der Waals surface area contributed by atoms with Crippen molar-refractivity contribution >= 4 is 19.8 Å². The Hall–Kier alpha value is -1.13. The molecule has 0 aromatic heterocycles. The number of halogens is 2. The molecule has 112 valence electrons. The minimum atomic E-state index is -1.06. The average molecular weight is 322 g/mol. The van der Waals surface area contributed by atoms with Gasteiger partial charge in [0.1, 0.15) is 11.6 Å². The van der Waals surface area contributed by atoms with Crippen LogP contribution in [0.25, 0.3) is 11.1 Å². The molecule has 0 aliphatic heterocycles. The first-order valence-electron chi connectivity index (χ1n) is 7.03. The summed E-state index contributed by atoms with van der Waals surface area (Å²) in [6.45, 7) is 7.01. The molecule has 0 spiro atoms. The molecule has 4 heteroatoms. The van der Waals surface area contributed by atoms with E-state index in [4.69, 9.17) is 0 Å². The van der Waals surface area contributed by atoms with Crippen LogP contribution < -0.4 is 0 Å². The van der Waals surface area contributed by atoms with Crippen molar-refractivity contribution in [2.24, 2.45) is 0 Å². The first kappa shape index (κ1) is 16.2. The van der Waals surface area contributed by atoms with E-state index in [0.717, 1.165) is 21.8 Å². The largest absolute Gasteiger partial charge is 0.207 e. The normalized spacial score (nSPS) is 11.7. The van der Waals surface area contributed by atoms with Gasteiger partial charge in [0.05, 0.1) is 0 Å². The van der Waals surface area contributed by atoms with E-state index in [1.807, 2.05) is 6.07 Å². The van der Waals surface area contributed by atoms with Crippen LogP contribution in [0.15, 0.2) is 47.4 Å². The molecule has 2 rings (SSSR count). The summed E-state index contributed by atoms with van der Waals surface area (Å²) in [5.74, 6) is 0.495. The number of hydrogen-bond donors (Lipinski definition) is 0. The topological polar surface area (TPSA) is 0 Å². The summed E-state index contributed by atoms with van der Waals surface area (Å²) in [7, 11) is -1.06. The maximum absolute atomic E-state index is 13.8. The van der Waals surface area contributed by atoms with Crippen LogP contribution in [-0.4, -0.2) is 13.8 Å². The Bertz CT molecular complexity index is 603. The summed E-state index contributed by atoms with van der Waals surface area (Å²) in [6.07, 6.45) is 0. The van der Waals surface area contributed by atoms with Gasteiger partial charge in [-0.05, 0) is 53.3 Å². The van der Waals surface area contributed by atoms with E-state index in [2.05, 4.69) is 19.6 Å². The highest BCUT2D eigenvalue weighted by atomic mass is 32.2. The molecule has 0 saturated carbocycles. The van der Waals surface area contributed by atoms with E-state index in [1.165, 1.54) is 24.2 Å². The third kappa shape index (κ3) is 5.29. The van der Waals surface area contributed by atoms with Gasteiger partial charge in [0.25, 0.3) is 0 Å². The van der Waals surface area contributed by atoms with E-state index < -0.39 is 8.07 Å². The van der Waals surface area contributed by atoms with Crippen molar-refractivity contribution in [1.29, 1.82) is 0 Å². The lowest BCUT2D eigenvalue weighted by molar-refractivity contribution is 0.624. The van der Waals surface area contributed by atoms with Crippen molar-refractivity contribution in [3.05, 3.63) is 54.1 Å². The molecule has 0 aliphatic carbocycles. The molecule has 0 atom stereocenters. The number of thioether (sulfide) groups is 1. The number of hydrogen-bond acceptors (Lipinski definition) is 1. The fourth-order valence-electron chi connectivity index (χ4n) is 1.93. The zero-order valence-corrected chi connectivity index (χ0v) is 14.4. The molecule has 0 fully saturated rings. The van der Waals surface area contributed by atoms with Crippen LogP contribution in [0.2, 0.25) is 25.7 Å². The SMILES string of the molecule is C[Si](C)(C)CCSc1cc(F)cc(-c2ccc(F)cc2)c1. The van der Waals surface area contributed by atoms with Crippen LogP contribution in [-0.2, 0) is 0 Å². The Kier molecular flexibility index (Phi) is 5.22. The van der Waals surface area contributed by atoms with Crippen molar-refractivity contribution in [3.63, 3.8) is 0 Å². The van der Waals surface area contributed by atoms with Crippen molar-refractivity contribution < 1.29 is 8.78 Å². The predicted molar refractivity (Wildman–Crippen MR) is 90.7 cm³/mol.